The van der Waals surface area contributed by atoms with Crippen molar-refractivity contribution in [3.63, 3.8) is 0 Å². The summed E-state index contributed by atoms with van der Waals surface area (Å²) in [5, 5.41) is 0.614. The third-order valence-corrected chi connectivity index (χ3v) is 7.01. The molecule has 1 aliphatic heterocycles. The highest BCUT2D eigenvalue weighted by atomic mass is 35.5. The van der Waals surface area contributed by atoms with Crippen LogP contribution in [-0.2, 0) is 10.0 Å². The molecule has 1 aliphatic rings. The molecule has 2 heterocycles. The van der Waals surface area contributed by atoms with Crippen molar-refractivity contribution in [1.29, 1.82) is 0 Å². The number of oxazole rings is 1. The number of halogens is 1. The van der Waals surface area contributed by atoms with Gasteiger partial charge in [-0.3, -0.25) is 0 Å². The highest BCUT2D eigenvalue weighted by molar-refractivity contribution is 7.89. The molecule has 0 atom stereocenters. The Morgan fingerprint density at radius 3 is 2.52 bits per heavy atom. The molecular weight excluding hydrogens is 388 g/mol. The summed E-state index contributed by atoms with van der Waals surface area (Å²) < 4.78 is 38.1. The fourth-order valence-electron chi connectivity index (χ4n) is 3.33. The van der Waals surface area contributed by atoms with Gasteiger partial charge in [0.2, 0.25) is 10.0 Å². The van der Waals surface area contributed by atoms with Crippen molar-refractivity contribution >= 4 is 32.7 Å². The van der Waals surface area contributed by atoms with Crippen molar-refractivity contribution in [1.82, 2.24) is 9.29 Å². The molecule has 0 spiro atoms. The number of hydrogen-bond acceptors (Lipinski definition) is 5. The smallest absolute Gasteiger partial charge is 0.243 e. The lowest BCUT2D eigenvalue weighted by atomic mass is 9.98. The third kappa shape index (κ3) is 3.54. The second-order valence-electron chi connectivity index (χ2n) is 6.52. The molecule has 3 aromatic rings. The van der Waals surface area contributed by atoms with Gasteiger partial charge >= 0.3 is 0 Å². The predicted molar refractivity (Wildman–Crippen MR) is 103 cm³/mol. The topological polar surface area (TPSA) is 72.6 Å². The van der Waals surface area contributed by atoms with Gasteiger partial charge in [0.25, 0.3) is 0 Å². The molecular formula is C19H19ClN2O4S. The van der Waals surface area contributed by atoms with Gasteiger partial charge in [-0.2, -0.15) is 4.31 Å². The lowest BCUT2D eigenvalue weighted by Crippen LogP contribution is -2.37. The first-order chi connectivity index (χ1) is 13.0. The van der Waals surface area contributed by atoms with E-state index in [1.807, 2.05) is 0 Å². The molecule has 4 rings (SSSR count). The Labute approximate surface area is 162 Å². The normalized spacial score (nSPS) is 16.7. The van der Waals surface area contributed by atoms with Crippen LogP contribution in [0, 0.1) is 0 Å². The molecule has 142 valence electrons. The number of fused-ring (bicyclic) bond motifs is 1. The summed E-state index contributed by atoms with van der Waals surface area (Å²) >= 11 is 6.00. The number of piperidine rings is 1. The van der Waals surface area contributed by atoms with Crippen molar-refractivity contribution in [2.75, 3.05) is 20.2 Å². The molecule has 2 aromatic carbocycles. The molecule has 0 aliphatic carbocycles. The van der Waals surface area contributed by atoms with Crippen LogP contribution in [0.1, 0.15) is 24.7 Å². The van der Waals surface area contributed by atoms with Gasteiger partial charge in [0.05, 0.1) is 12.0 Å². The zero-order valence-corrected chi connectivity index (χ0v) is 16.3. The van der Waals surface area contributed by atoms with Crippen LogP contribution in [0.3, 0.4) is 0 Å². The summed E-state index contributed by atoms with van der Waals surface area (Å²) in [6.07, 6.45) is 1.33. The maximum atomic E-state index is 12.8. The third-order valence-electron chi connectivity index (χ3n) is 4.87. The molecule has 0 amide bonds. The molecule has 6 nitrogen and oxygen atoms in total. The van der Waals surface area contributed by atoms with Crippen molar-refractivity contribution in [2.45, 2.75) is 23.7 Å². The number of ether oxygens (including phenoxy) is 1. The van der Waals surface area contributed by atoms with Crippen LogP contribution in [0.25, 0.3) is 11.1 Å². The Kier molecular flexibility index (Phi) is 4.84. The van der Waals surface area contributed by atoms with E-state index in [1.54, 1.807) is 49.6 Å². The minimum absolute atomic E-state index is 0.0958. The number of sulfonamides is 1. The van der Waals surface area contributed by atoms with E-state index in [-0.39, 0.29) is 10.8 Å². The second kappa shape index (κ2) is 7.14. The monoisotopic (exact) mass is 406 g/mol. The van der Waals surface area contributed by atoms with Crippen LogP contribution in [-0.4, -0.2) is 37.9 Å². The highest BCUT2D eigenvalue weighted by Crippen LogP contribution is 2.32. The van der Waals surface area contributed by atoms with Crippen LogP contribution >= 0.6 is 11.6 Å². The number of methoxy groups -OCH3 is 1. The SMILES string of the molecule is COc1ccc(S(=O)(=O)N2CCC(c3nc4cc(Cl)ccc4o3)CC2)cc1. The maximum absolute atomic E-state index is 12.8. The van der Waals surface area contributed by atoms with E-state index in [4.69, 9.17) is 20.8 Å². The average molecular weight is 407 g/mol. The van der Waals surface area contributed by atoms with Gasteiger partial charge in [0.1, 0.15) is 11.3 Å². The number of aromatic nitrogens is 1. The van der Waals surface area contributed by atoms with Gasteiger partial charge < -0.3 is 9.15 Å². The molecule has 8 heteroatoms. The summed E-state index contributed by atoms with van der Waals surface area (Å²) in [5.74, 6) is 1.37. The Morgan fingerprint density at radius 1 is 1.15 bits per heavy atom. The van der Waals surface area contributed by atoms with Crippen LogP contribution in [0.2, 0.25) is 5.02 Å². The van der Waals surface area contributed by atoms with Crippen molar-refractivity contribution < 1.29 is 17.6 Å². The van der Waals surface area contributed by atoms with E-state index in [9.17, 15) is 8.42 Å². The summed E-state index contributed by atoms with van der Waals surface area (Å²) in [6, 6.07) is 11.8. The number of benzene rings is 2. The predicted octanol–water partition coefficient (Wildman–Crippen LogP) is 4.06. The number of rotatable bonds is 4. The molecule has 1 fully saturated rings. The lowest BCUT2D eigenvalue weighted by molar-refractivity contribution is 0.293. The first-order valence-electron chi connectivity index (χ1n) is 8.67. The van der Waals surface area contributed by atoms with Crippen LogP contribution < -0.4 is 4.74 Å². The van der Waals surface area contributed by atoms with Crippen LogP contribution in [0.15, 0.2) is 51.8 Å². The quantitative estimate of drug-likeness (QED) is 0.653. The number of hydrogen-bond donors (Lipinski definition) is 0. The molecule has 0 unspecified atom stereocenters. The van der Waals surface area contributed by atoms with Gasteiger partial charge in [-0.25, -0.2) is 13.4 Å². The minimum Gasteiger partial charge on any atom is -0.497 e. The zero-order chi connectivity index (χ0) is 19.0. The molecule has 27 heavy (non-hydrogen) atoms. The minimum atomic E-state index is -3.51. The van der Waals surface area contributed by atoms with E-state index in [0.29, 0.717) is 48.2 Å². The Hall–Kier alpha value is -2.09. The van der Waals surface area contributed by atoms with Crippen molar-refractivity contribution in [3.8, 4) is 5.75 Å². The lowest BCUT2D eigenvalue weighted by Gasteiger charge is -2.29. The molecule has 0 N–H and O–H groups in total. The summed E-state index contributed by atoms with van der Waals surface area (Å²) in [5.41, 5.74) is 1.42. The summed E-state index contributed by atoms with van der Waals surface area (Å²) in [4.78, 5) is 4.80. The van der Waals surface area contributed by atoms with E-state index in [1.165, 1.54) is 4.31 Å². The highest BCUT2D eigenvalue weighted by Gasteiger charge is 2.31. The Morgan fingerprint density at radius 2 is 1.85 bits per heavy atom. The van der Waals surface area contributed by atoms with Crippen molar-refractivity contribution in [3.05, 3.63) is 53.4 Å². The van der Waals surface area contributed by atoms with Gasteiger partial charge in [-0.1, -0.05) is 11.6 Å². The van der Waals surface area contributed by atoms with Gasteiger partial charge in [0.15, 0.2) is 11.5 Å². The standard InChI is InChI=1S/C19H19ClN2O4S/c1-25-15-3-5-16(6-4-15)27(23,24)22-10-8-13(9-11-22)19-21-17-12-14(20)2-7-18(17)26-19/h2-7,12-13H,8-11H2,1H3. The number of nitrogens with zero attached hydrogens (tertiary/aromatic N) is 2. The van der Waals surface area contributed by atoms with E-state index in [2.05, 4.69) is 4.98 Å². The van der Waals surface area contributed by atoms with Crippen LogP contribution in [0.5, 0.6) is 5.75 Å². The second-order valence-corrected chi connectivity index (χ2v) is 8.89. The molecule has 1 aromatic heterocycles. The van der Waals surface area contributed by atoms with Gasteiger partial charge in [-0.05, 0) is 55.3 Å². The Balaban J connectivity index is 1.48. The maximum Gasteiger partial charge on any atom is 0.243 e. The molecule has 0 radical (unpaired) electrons. The first kappa shape index (κ1) is 18.3. The average Bonchev–Trinajstić information content (AvgIpc) is 3.11. The van der Waals surface area contributed by atoms with Crippen molar-refractivity contribution in [2.24, 2.45) is 0 Å². The van der Waals surface area contributed by atoms with E-state index >= 15 is 0 Å². The Bertz CT molecular complexity index is 1060. The van der Waals surface area contributed by atoms with Gasteiger partial charge in [0, 0.05) is 24.0 Å². The largest absolute Gasteiger partial charge is 0.497 e. The van der Waals surface area contributed by atoms with Crippen LogP contribution in [0.4, 0.5) is 0 Å². The zero-order valence-electron chi connectivity index (χ0n) is 14.8. The molecule has 0 bridgehead atoms. The van der Waals surface area contributed by atoms with Gasteiger partial charge in [-0.15, -0.1) is 0 Å². The fraction of sp³-hybridized carbons (Fsp3) is 0.316. The molecule has 1 saturated heterocycles. The first-order valence-corrected chi connectivity index (χ1v) is 10.5. The van der Waals surface area contributed by atoms with E-state index in [0.717, 1.165) is 5.52 Å². The molecule has 0 saturated carbocycles. The fourth-order valence-corrected chi connectivity index (χ4v) is 4.97. The summed E-state index contributed by atoms with van der Waals surface area (Å²) in [7, 11) is -1.96. The summed E-state index contributed by atoms with van der Waals surface area (Å²) in [6.45, 7) is 0.858. The van der Waals surface area contributed by atoms with E-state index < -0.39 is 10.0 Å².